The fraction of sp³-hybridized carbons (Fsp3) is 0.619. The SMILES string of the molecule is CCOC(=O)CCc1ccc(NC(=O)C2CC3CCCC(C2)C3N)cc1.Cl. The normalized spacial score (nSPS) is 26.6. The standard InChI is InChI=1S/C21H30N2O3.ClH/c1-2-26-19(24)11-8-14-6-9-18(10-7-14)23-21(25)17-12-15-4-3-5-16(13-17)20(15)22;/h6-7,9-10,15-17,20H,2-5,8,11-13,22H2,1H3,(H,23,25);1H. The smallest absolute Gasteiger partial charge is 0.306 e. The van der Waals surface area contributed by atoms with Crippen LogP contribution in [0.15, 0.2) is 24.3 Å². The number of fused-ring (bicyclic) bond motifs is 2. The van der Waals surface area contributed by atoms with Crippen LogP contribution in [0.25, 0.3) is 0 Å². The predicted octanol–water partition coefficient (Wildman–Crippen LogP) is 3.70. The van der Waals surface area contributed by atoms with Crippen molar-refractivity contribution in [3.8, 4) is 0 Å². The first kappa shape index (κ1) is 21.7. The number of nitrogens with one attached hydrogen (secondary N) is 1. The largest absolute Gasteiger partial charge is 0.466 e. The van der Waals surface area contributed by atoms with Crippen molar-refractivity contribution in [2.45, 2.75) is 57.9 Å². The maximum Gasteiger partial charge on any atom is 0.306 e. The van der Waals surface area contributed by atoms with E-state index in [9.17, 15) is 9.59 Å². The molecular formula is C21H31ClN2O3. The van der Waals surface area contributed by atoms with E-state index < -0.39 is 0 Å². The van der Waals surface area contributed by atoms with Crippen LogP contribution in [-0.2, 0) is 20.7 Å². The van der Waals surface area contributed by atoms with Crippen LogP contribution < -0.4 is 11.1 Å². The van der Waals surface area contributed by atoms with Crippen LogP contribution in [-0.4, -0.2) is 24.5 Å². The van der Waals surface area contributed by atoms with E-state index in [1.165, 1.54) is 6.42 Å². The van der Waals surface area contributed by atoms with E-state index in [4.69, 9.17) is 10.5 Å². The van der Waals surface area contributed by atoms with Gasteiger partial charge in [0.25, 0.3) is 0 Å². The Morgan fingerprint density at radius 3 is 2.37 bits per heavy atom. The molecule has 3 N–H and O–H groups in total. The number of carbonyl (C=O) groups is 2. The second-order valence-corrected chi connectivity index (χ2v) is 7.69. The summed E-state index contributed by atoms with van der Waals surface area (Å²) in [5.74, 6) is 1.03. The summed E-state index contributed by atoms with van der Waals surface area (Å²) in [5.41, 5.74) is 8.20. The van der Waals surface area contributed by atoms with Crippen molar-refractivity contribution < 1.29 is 14.3 Å². The first-order valence-corrected chi connectivity index (χ1v) is 9.87. The van der Waals surface area contributed by atoms with Gasteiger partial charge in [-0.2, -0.15) is 0 Å². The number of nitrogens with two attached hydrogens (primary N) is 1. The third-order valence-electron chi connectivity index (χ3n) is 5.93. The van der Waals surface area contributed by atoms with Gasteiger partial charge in [-0.05, 0) is 68.6 Å². The molecule has 150 valence electrons. The number of benzene rings is 1. The van der Waals surface area contributed by atoms with Gasteiger partial charge in [0.15, 0.2) is 0 Å². The number of hydrogen-bond acceptors (Lipinski definition) is 4. The van der Waals surface area contributed by atoms with E-state index in [1.54, 1.807) is 0 Å². The molecular weight excluding hydrogens is 364 g/mol. The van der Waals surface area contributed by atoms with Crippen molar-refractivity contribution in [3.63, 3.8) is 0 Å². The second kappa shape index (κ2) is 10.1. The molecule has 0 spiro atoms. The zero-order valence-corrected chi connectivity index (χ0v) is 16.8. The fourth-order valence-electron chi connectivity index (χ4n) is 4.48. The van der Waals surface area contributed by atoms with Gasteiger partial charge in [0.05, 0.1) is 6.61 Å². The molecule has 1 aromatic carbocycles. The third kappa shape index (κ3) is 5.69. The summed E-state index contributed by atoms with van der Waals surface area (Å²) >= 11 is 0. The van der Waals surface area contributed by atoms with Crippen molar-refractivity contribution in [2.24, 2.45) is 23.5 Å². The molecule has 0 saturated heterocycles. The van der Waals surface area contributed by atoms with Gasteiger partial charge in [-0.3, -0.25) is 9.59 Å². The molecule has 0 aliphatic heterocycles. The quantitative estimate of drug-likeness (QED) is 0.721. The topological polar surface area (TPSA) is 81.4 Å². The Hall–Kier alpha value is -1.59. The first-order valence-electron chi connectivity index (χ1n) is 9.87. The molecule has 2 saturated carbocycles. The predicted molar refractivity (Wildman–Crippen MR) is 109 cm³/mol. The van der Waals surface area contributed by atoms with Crippen LogP contribution in [0.1, 0.15) is 51.0 Å². The maximum atomic E-state index is 12.7. The van der Waals surface area contributed by atoms with Crippen molar-refractivity contribution in [1.29, 1.82) is 0 Å². The molecule has 5 nitrogen and oxygen atoms in total. The Kier molecular flexibility index (Phi) is 8.11. The lowest BCUT2D eigenvalue weighted by Gasteiger charge is -2.43. The first-order chi connectivity index (χ1) is 12.6. The van der Waals surface area contributed by atoms with Crippen molar-refractivity contribution in [1.82, 2.24) is 0 Å². The Morgan fingerprint density at radius 2 is 1.78 bits per heavy atom. The van der Waals surface area contributed by atoms with Crippen molar-refractivity contribution in [3.05, 3.63) is 29.8 Å². The second-order valence-electron chi connectivity index (χ2n) is 7.69. The molecule has 2 fully saturated rings. The van der Waals surface area contributed by atoms with E-state index in [1.807, 2.05) is 31.2 Å². The number of amides is 1. The molecule has 3 rings (SSSR count). The number of ether oxygens (including phenoxy) is 1. The number of anilines is 1. The van der Waals surface area contributed by atoms with Crippen LogP contribution in [0.3, 0.4) is 0 Å². The molecule has 2 aliphatic carbocycles. The summed E-state index contributed by atoms with van der Waals surface area (Å²) in [5, 5.41) is 3.06. The summed E-state index contributed by atoms with van der Waals surface area (Å²) < 4.78 is 4.94. The number of halogens is 1. The number of carbonyl (C=O) groups excluding carboxylic acids is 2. The van der Waals surface area contributed by atoms with Crippen LogP contribution >= 0.6 is 12.4 Å². The molecule has 0 heterocycles. The van der Waals surface area contributed by atoms with E-state index >= 15 is 0 Å². The zero-order chi connectivity index (χ0) is 18.5. The number of rotatable bonds is 6. The molecule has 2 aliphatic rings. The highest BCUT2D eigenvalue weighted by Gasteiger charge is 2.40. The zero-order valence-electron chi connectivity index (χ0n) is 16.0. The molecule has 1 amide bonds. The molecule has 0 aromatic heterocycles. The Balaban J connectivity index is 0.00000261. The van der Waals surface area contributed by atoms with E-state index in [0.29, 0.717) is 31.3 Å². The molecule has 1 aromatic rings. The highest BCUT2D eigenvalue weighted by Crippen LogP contribution is 2.42. The van der Waals surface area contributed by atoms with E-state index in [2.05, 4.69) is 5.32 Å². The third-order valence-corrected chi connectivity index (χ3v) is 5.93. The number of aryl methyl sites for hydroxylation is 1. The Labute approximate surface area is 167 Å². The number of esters is 1. The molecule has 2 unspecified atom stereocenters. The average Bonchev–Trinajstić information content (AvgIpc) is 2.61. The lowest BCUT2D eigenvalue weighted by molar-refractivity contribution is -0.143. The van der Waals surface area contributed by atoms with Gasteiger partial charge >= 0.3 is 5.97 Å². The average molecular weight is 395 g/mol. The van der Waals surface area contributed by atoms with Crippen LogP contribution in [0.2, 0.25) is 0 Å². The monoisotopic (exact) mass is 394 g/mol. The summed E-state index contributed by atoms with van der Waals surface area (Å²) in [6, 6.07) is 8.02. The molecule has 27 heavy (non-hydrogen) atoms. The highest BCUT2D eigenvalue weighted by atomic mass is 35.5. The maximum absolute atomic E-state index is 12.7. The van der Waals surface area contributed by atoms with Gasteiger partial charge in [-0.25, -0.2) is 0 Å². The van der Waals surface area contributed by atoms with Gasteiger partial charge < -0.3 is 15.8 Å². The van der Waals surface area contributed by atoms with Crippen LogP contribution in [0, 0.1) is 17.8 Å². The van der Waals surface area contributed by atoms with E-state index in [-0.39, 0.29) is 36.2 Å². The van der Waals surface area contributed by atoms with Gasteiger partial charge in [-0.15, -0.1) is 12.4 Å². The lowest BCUT2D eigenvalue weighted by atomic mass is 9.65. The molecule has 2 bridgehead atoms. The van der Waals surface area contributed by atoms with Gasteiger partial charge in [0.1, 0.15) is 0 Å². The Morgan fingerprint density at radius 1 is 1.15 bits per heavy atom. The minimum atomic E-state index is -0.175. The summed E-state index contributed by atoms with van der Waals surface area (Å²) in [6.07, 6.45) is 6.45. The van der Waals surface area contributed by atoms with Crippen molar-refractivity contribution in [2.75, 3.05) is 11.9 Å². The molecule has 6 heteroatoms. The Bertz CT molecular complexity index is 621. The van der Waals surface area contributed by atoms with E-state index in [0.717, 1.165) is 36.9 Å². The van der Waals surface area contributed by atoms with Gasteiger partial charge in [0, 0.05) is 24.1 Å². The molecule has 0 radical (unpaired) electrons. The van der Waals surface area contributed by atoms with Crippen LogP contribution in [0.4, 0.5) is 5.69 Å². The lowest BCUT2D eigenvalue weighted by Crippen LogP contribution is -2.48. The molecule has 2 atom stereocenters. The summed E-state index contributed by atoms with van der Waals surface area (Å²) in [4.78, 5) is 24.1. The summed E-state index contributed by atoms with van der Waals surface area (Å²) in [6.45, 7) is 2.22. The van der Waals surface area contributed by atoms with Crippen molar-refractivity contribution >= 4 is 30.0 Å². The van der Waals surface area contributed by atoms with Crippen LogP contribution in [0.5, 0.6) is 0 Å². The highest BCUT2D eigenvalue weighted by molar-refractivity contribution is 5.92. The minimum absolute atomic E-state index is 0. The fourth-order valence-corrected chi connectivity index (χ4v) is 4.48. The minimum Gasteiger partial charge on any atom is -0.466 e. The van der Waals surface area contributed by atoms with Gasteiger partial charge in [0.2, 0.25) is 5.91 Å². The summed E-state index contributed by atoms with van der Waals surface area (Å²) in [7, 11) is 0. The van der Waals surface area contributed by atoms with Gasteiger partial charge in [-0.1, -0.05) is 18.6 Å². The number of hydrogen-bond donors (Lipinski definition) is 2.